The highest BCUT2D eigenvalue weighted by Crippen LogP contribution is 2.24. The van der Waals surface area contributed by atoms with Crippen LogP contribution in [0.1, 0.15) is 39.5 Å². The van der Waals surface area contributed by atoms with Crippen molar-refractivity contribution in [3.63, 3.8) is 0 Å². The van der Waals surface area contributed by atoms with Crippen molar-refractivity contribution >= 4 is 15.9 Å². The summed E-state index contributed by atoms with van der Waals surface area (Å²) in [6, 6.07) is 0.879. The van der Waals surface area contributed by atoms with E-state index in [1.807, 2.05) is 0 Å². The molecule has 0 amide bonds. The molecule has 0 saturated heterocycles. The fourth-order valence-corrected chi connectivity index (χ4v) is 1.99. The summed E-state index contributed by atoms with van der Waals surface area (Å²) in [5, 5.41) is 1.13. The topological polar surface area (TPSA) is 3.24 Å². The molecule has 0 atom stereocenters. The van der Waals surface area contributed by atoms with Gasteiger partial charge >= 0.3 is 0 Å². The third-order valence-electron chi connectivity index (χ3n) is 2.90. The van der Waals surface area contributed by atoms with E-state index in [0.717, 1.165) is 17.9 Å². The van der Waals surface area contributed by atoms with Crippen molar-refractivity contribution in [2.24, 2.45) is 0 Å². The molecule has 1 rings (SSSR count). The first-order valence-corrected chi connectivity index (χ1v) is 6.79. The lowest BCUT2D eigenvalue weighted by atomic mass is 9.91. The Morgan fingerprint density at radius 1 is 1.43 bits per heavy atom. The summed E-state index contributed by atoms with van der Waals surface area (Å²) in [6.07, 6.45) is 7.89. The molecule has 82 valence electrons. The minimum absolute atomic E-state index is 0.879. The molecule has 0 aromatic heterocycles. The summed E-state index contributed by atoms with van der Waals surface area (Å²) in [5.41, 5.74) is 1.44. The molecule has 1 aliphatic carbocycles. The third kappa shape index (κ3) is 4.14. The summed E-state index contributed by atoms with van der Waals surface area (Å²) in [7, 11) is 0. The molecule has 0 spiro atoms. The van der Waals surface area contributed by atoms with Crippen molar-refractivity contribution in [1.82, 2.24) is 4.90 Å². The SMILES string of the molecule is CC(C)=CCN(CCCBr)C1CCC1. The number of halogens is 1. The number of alkyl halides is 1. The van der Waals surface area contributed by atoms with E-state index in [9.17, 15) is 0 Å². The molecule has 0 aromatic carbocycles. The number of hydrogen-bond acceptors (Lipinski definition) is 1. The van der Waals surface area contributed by atoms with Crippen LogP contribution in [0.5, 0.6) is 0 Å². The maximum atomic E-state index is 3.50. The maximum Gasteiger partial charge on any atom is 0.0168 e. The van der Waals surface area contributed by atoms with E-state index >= 15 is 0 Å². The standard InChI is InChI=1S/C12H22BrN/c1-11(2)7-10-14(9-4-8-13)12-5-3-6-12/h7,12H,3-6,8-10H2,1-2H3. The molecule has 0 N–H and O–H groups in total. The Hall–Kier alpha value is 0.180. The predicted octanol–water partition coefficient (Wildman–Crippen LogP) is 3.59. The van der Waals surface area contributed by atoms with E-state index in [2.05, 4.69) is 40.8 Å². The average Bonchev–Trinajstić information content (AvgIpc) is 2.06. The van der Waals surface area contributed by atoms with Crippen molar-refractivity contribution < 1.29 is 0 Å². The van der Waals surface area contributed by atoms with E-state index in [1.54, 1.807) is 0 Å². The lowest BCUT2D eigenvalue weighted by Gasteiger charge is -2.37. The van der Waals surface area contributed by atoms with E-state index in [1.165, 1.54) is 37.8 Å². The molecular formula is C12H22BrN. The highest BCUT2D eigenvalue weighted by atomic mass is 79.9. The Kier molecular flexibility index (Phi) is 5.80. The molecule has 0 aromatic rings. The second-order valence-electron chi connectivity index (χ2n) is 4.40. The molecule has 1 saturated carbocycles. The first-order valence-electron chi connectivity index (χ1n) is 5.67. The van der Waals surface area contributed by atoms with Gasteiger partial charge in [0.25, 0.3) is 0 Å². The predicted molar refractivity (Wildman–Crippen MR) is 67.1 cm³/mol. The van der Waals surface area contributed by atoms with Gasteiger partial charge in [-0.2, -0.15) is 0 Å². The highest BCUT2D eigenvalue weighted by Gasteiger charge is 2.23. The molecule has 0 heterocycles. The zero-order chi connectivity index (χ0) is 10.4. The van der Waals surface area contributed by atoms with Crippen molar-refractivity contribution in [3.8, 4) is 0 Å². The summed E-state index contributed by atoms with van der Waals surface area (Å²) in [5.74, 6) is 0. The summed E-state index contributed by atoms with van der Waals surface area (Å²) >= 11 is 3.50. The number of hydrogen-bond donors (Lipinski definition) is 0. The van der Waals surface area contributed by atoms with Gasteiger partial charge in [-0.25, -0.2) is 0 Å². The molecule has 2 heteroatoms. The molecule has 0 bridgehead atoms. The molecule has 1 nitrogen and oxygen atoms in total. The molecule has 0 aliphatic heterocycles. The highest BCUT2D eigenvalue weighted by molar-refractivity contribution is 9.09. The van der Waals surface area contributed by atoms with Crippen LogP contribution in [0.4, 0.5) is 0 Å². The zero-order valence-electron chi connectivity index (χ0n) is 9.43. The van der Waals surface area contributed by atoms with Gasteiger partial charge in [-0.15, -0.1) is 0 Å². The van der Waals surface area contributed by atoms with Crippen LogP contribution in [0, 0.1) is 0 Å². The molecule has 1 aliphatic rings. The average molecular weight is 260 g/mol. The summed E-state index contributed by atoms with van der Waals surface area (Å²) in [6.45, 7) is 6.77. The van der Waals surface area contributed by atoms with Crippen LogP contribution in [-0.2, 0) is 0 Å². The smallest absolute Gasteiger partial charge is 0.0168 e. The number of allylic oxidation sites excluding steroid dienone is 1. The van der Waals surface area contributed by atoms with Gasteiger partial charge in [-0.05, 0) is 39.7 Å². The monoisotopic (exact) mass is 259 g/mol. The first kappa shape index (κ1) is 12.3. The Balaban J connectivity index is 2.31. The van der Waals surface area contributed by atoms with Gasteiger partial charge < -0.3 is 0 Å². The van der Waals surface area contributed by atoms with Crippen LogP contribution >= 0.6 is 15.9 Å². The quantitative estimate of drug-likeness (QED) is 0.521. The van der Waals surface area contributed by atoms with Gasteiger partial charge in [0.1, 0.15) is 0 Å². The first-order chi connectivity index (χ1) is 6.74. The zero-order valence-corrected chi connectivity index (χ0v) is 11.0. The fraction of sp³-hybridized carbons (Fsp3) is 0.833. The lowest BCUT2D eigenvalue weighted by Crippen LogP contribution is -2.41. The van der Waals surface area contributed by atoms with E-state index in [0.29, 0.717) is 0 Å². The van der Waals surface area contributed by atoms with Gasteiger partial charge in [0.2, 0.25) is 0 Å². The van der Waals surface area contributed by atoms with E-state index in [-0.39, 0.29) is 0 Å². The van der Waals surface area contributed by atoms with Crippen LogP contribution in [0.15, 0.2) is 11.6 Å². The van der Waals surface area contributed by atoms with Gasteiger partial charge in [-0.1, -0.05) is 34.0 Å². The van der Waals surface area contributed by atoms with E-state index < -0.39 is 0 Å². The fourth-order valence-electron chi connectivity index (χ4n) is 1.74. The van der Waals surface area contributed by atoms with Crippen molar-refractivity contribution in [1.29, 1.82) is 0 Å². The van der Waals surface area contributed by atoms with Gasteiger partial charge in [0.05, 0.1) is 0 Å². The summed E-state index contributed by atoms with van der Waals surface area (Å²) < 4.78 is 0. The van der Waals surface area contributed by atoms with Crippen molar-refractivity contribution in [3.05, 3.63) is 11.6 Å². The molecule has 0 unspecified atom stereocenters. The Morgan fingerprint density at radius 2 is 2.14 bits per heavy atom. The van der Waals surface area contributed by atoms with Crippen LogP contribution in [-0.4, -0.2) is 29.4 Å². The third-order valence-corrected chi connectivity index (χ3v) is 3.46. The number of rotatable bonds is 6. The Bertz CT molecular complexity index is 181. The molecular weight excluding hydrogens is 238 g/mol. The lowest BCUT2D eigenvalue weighted by molar-refractivity contribution is 0.142. The van der Waals surface area contributed by atoms with Gasteiger partial charge in [-0.3, -0.25) is 4.90 Å². The normalized spacial score (nSPS) is 16.9. The molecule has 14 heavy (non-hydrogen) atoms. The number of nitrogens with zero attached hydrogens (tertiary/aromatic N) is 1. The van der Waals surface area contributed by atoms with Crippen LogP contribution < -0.4 is 0 Å². The second-order valence-corrected chi connectivity index (χ2v) is 5.20. The molecule has 1 fully saturated rings. The second kappa shape index (κ2) is 6.62. The minimum Gasteiger partial charge on any atom is -0.297 e. The van der Waals surface area contributed by atoms with E-state index in [4.69, 9.17) is 0 Å². The van der Waals surface area contributed by atoms with Crippen LogP contribution in [0.2, 0.25) is 0 Å². The Labute approximate surface area is 96.7 Å². The largest absolute Gasteiger partial charge is 0.297 e. The Morgan fingerprint density at radius 3 is 2.57 bits per heavy atom. The van der Waals surface area contributed by atoms with Crippen LogP contribution in [0.25, 0.3) is 0 Å². The molecule has 0 radical (unpaired) electrons. The van der Waals surface area contributed by atoms with Crippen molar-refractivity contribution in [2.45, 2.75) is 45.6 Å². The minimum atomic E-state index is 0.879. The van der Waals surface area contributed by atoms with Crippen LogP contribution in [0.3, 0.4) is 0 Å². The van der Waals surface area contributed by atoms with Gasteiger partial charge in [0, 0.05) is 17.9 Å². The maximum absolute atomic E-state index is 3.50. The van der Waals surface area contributed by atoms with Gasteiger partial charge in [0.15, 0.2) is 0 Å². The summed E-state index contributed by atoms with van der Waals surface area (Å²) in [4.78, 5) is 2.64. The van der Waals surface area contributed by atoms with Crippen molar-refractivity contribution in [2.75, 3.05) is 18.4 Å².